The van der Waals surface area contributed by atoms with E-state index in [0.29, 0.717) is 32.7 Å². The zero-order chi connectivity index (χ0) is 21.7. The summed E-state index contributed by atoms with van der Waals surface area (Å²) in [5, 5.41) is 3.23. The number of benzene rings is 2. The molecule has 0 radical (unpaired) electrons. The van der Waals surface area contributed by atoms with Gasteiger partial charge >= 0.3 is 6.03 Å². The van der Waals surface area contributed by atoms with Gasteiger partial charge in [0.1, 0.15) is 0 Å². The van der Waals surface area contributed by atoms with Crippen molar-refractivity contribution in [3.63, 3.8) is 0 Å². The minimum Gasteiger partial charge on any atom is -0.337 e. The quantitative estimate of drug-likeness (QED) is 0.800. The van der Waals surface area contributed by atoms with Crippen LogP contribution >= 0.6 is 0 Å². The largest absolute Gasteiger partial charge is 0.337 e. The first-order valence-electron chi connectivity index (χ1n) is 11.5. The van der Waals surface area contributed by atoms with Crippen molar-refractivity contribution in [3.05, 3.63) is 71.3 Å². The molecule has 0 bridgehead atoms. The van der Waals surface area contributed by atoms with Crippen molar-refractivity contribution in [2.75, 3.05) is 32.7 Å². The SMILES string of the molecule is Cc1cccc(C(=O)N2CCCN(C(=O)NCC3(c4ccccc4)CCCC3)CC2)c1. The van der Waals surface area contributed by atoms with Crippen molar-refractivity contribution in [1.82, 2.24) is 15.1 Å². The van der Waals surface area contributed by atoms with Gasteiger partial charge in [0, 0.05) is 43.7 Å². The summed E-state index contributed by atoms with van der Waals surface area (Å²) in [6.07, 6.45) is 5.47. The minimum absolute atomic E-state index is 0.00735. The van der Waals surface area contributed by atoms with Crippen molar-refractivity contribution in [3.8, 4) is 0 Å². The van der Waals surface area contributed by atoms with Crippen LogP contribution in [0.3, 0.4) is 0 Å². The van der Waals surface area contributed by atoms with Crippen molar-refractivity contribution in [1.29, 1.82) is 0 Å². The molecule has 2 aliphatic rings. The monoisotopic (exact) mass is 419 g/mol. The third kappa shape index (κ3) is 4.92. The summed E-state index contributed by atoms with van der Waals surface area (Å²) in [4.78, 5) is 29.6. The number of hydrogen-bond donors (Lipinski definition) is 1. The van der Waals surface area contributed by atoms with Gasteiger partial charge in [-0.15, -0.1) is 0 Å². The molecule has 0 unspecified atom stereocenters. The molecule has 1 N–H and O–H groups in total. The number of nitrogens with one attached hydrogen (secondary N) is 1. The topological polar surface area (TPSA) is 52.7 Å². The summed E-state index contributed by atoms with van der Waals surface area (Å²) in [6, 6.07) is 18.3. The van der Waals surface area contributed by atoms with E-state index in [2.05, 4.69) is 29.6 Å². The number of amides is 3. The lowest BCUT2D eigenvalue weighted by Crippen LogP contribution is -2.47. The lowest BCUT2D eigenvalue weighted by molar-refractivity contribution is 0.0762. The molecular formula is C26H33N3O2. The number of aryl methyl sites for hydroxylation is 1. The Balaban J connectivity index is 1.35. The van der Waals surface area contributed by atoms with Crippen LogP contribution in [0.1, 0.15) is 53.6 Å². The molecule has 1 aliphatic carbocycles. The molecule has 2 aromatic carbocycles. The molecule has 164 valence electrons. The van der Waals surface area contributed by atoms with E-state index in [0.717, 1.165) is 30.4 Å². The average molecular weight is 420 g/mol. The summed E-state index contributed by atoms with van der Waals surface area (Å²) in [5.41, 5.74) is 3.19. The molecule has 1 heterocycles. The van der Waals surface area contributed by atoms with Gasteiger partial charge in [0.15, 0.2) is 0 Å². The Morgan fingerprint density at radius 2 is 1.58 bits per heavy atom. The fourth-order valence-electron chi connectivity index (χ4n) is 5.05. The van der Waals surface area contributed by atoms with E-state index in [1.165, 1.54) is 18.4 Å². The maximum Gasteiger partial charge on any atom is 0.317 e. The lowest BCUT2D eigenvalue weighted by atomic mass is 9.79. The van der Waals surface area contributed by atoms with Gasteiger partial charge in [0.2, 0.25) is 0 Å². The van der Waals surface area contributed by atoms with Gasteiger partial charge in [-0.2, -0.15) is 0 Å². The van der Waals surface area contributed by atoms with Crippen LogP contribution in [0.2, 0.25) is 0 Å². The second-order valence-electron chi connectivity index (χ2n) is 9.01. The highest BCUT2D eigenvalue weighted by Crippen LogP contribution is 2.40. The van der Waals surface area contributed by atoms with Crippen LogP contribution in [0.5, 0.6) is 0 Å². The first-order chi connectivity index (χ1) is 15.1. The number of carbonyl (C=O) groups excluding carboxylic acids is 2. The average Bonchev–Trinajstić information content (AvgIpc) is 3.15. The molecule has 1 saturated heterocycles. The minimum atomic E-state index is -0.00735. The maximum absolute atomic E-state index is 13.0. The second kappa shape index (κ2) is 9.54. The lowest BCUT2D eigenvalue weighted by Gasteiger charge is -2.31. The standard InChI is InChI=1S/C26H33N3O2/c1-21-9-7-10-22(19-21)24(30)28-15-8-16-29(18-17-28)25(31)27-20-26(13-5-6-14-26)23-11-3-2-4-12-23/h2-4,7,9-12,19H,5-6,8,13-18,20H2,1H3,(H,27,31). The first kappa shape index (κ1) is 21.4. The van der Waals surface area contributed by atoms with Gasteiger partial charge in [0.25, 0.3) is 5.91 Å². The maximum atomic E-state index is 13.0. The summed E-state index contributed by atoms with van der Waals surface area (Å²) >= 11 is 0. The van der Waals surface area contributed by atoms with Crippen molar-refractivity contribution >= 4 is 11.9 Å². The molecule has 0 spiro atoms. The third-order valence-corrected chi connectivity index (χ3v) is 6.86. The zero-order valence-electron chi connectivity index (χ0n) is 18.5. The number of nitrogens with zero attached hydrogens (tertiary/aromatic N) is 2. The Bertz CT molecular complexity index is 906. The normalized spacial score (nSPS) is 18.5. The van der Waals surface area contributed by atoms with E-state index in [9.17, 15) is 9.59 Å². The fourth-order valence-corrected chi connectivity index (χ4v) is 5.05. The molecule has 3 amide bonds. The van der Waals surface area contributed by atoms with E-state index >= 15 is 0 Å². The summed E-state index contributed by atoms with van der Waals surface area (Å²) in [7, 11) is 0. The van der Waals surface area contributed by atoms with Crippen molar-refractivity contribution < 1.29 is 9.59 Å². The summed E-state index contributed by atoms with van der Waals surface area (Å²) in [6.45, 7) is 5.19. The molecule has 0 aromatic heterocycles. The molecule has 5 nitrogen and oxygen atoms in total. The first-order valence-corrected chi connectivity index (χ1v) is 11.5. The van der Waals surface area contributed by atoms with Gasteiger partial charge in [0.05, 0.1) is 0 Å². The fraction of sp³-hybridized carbons (Fsp3) is 0.462. The predicted molar refractivity (Wildman–Crippen MR) is 123 cm³/mol. The number of hydrogen-bond acceptors (Lipinski definition) is 2. The Morgan fingerprint density at radius 3 is 2.32 bits per heavy atom. The van der Waals surface area contributed by atoms with Crippen LogP contribution in [0.25, 0.3) is 0 Å². The van der Waals surface area contributed by atoms with Crippen LogP contribution in [0, 0.1) is 6.92 Å². The Kier molecular flexibility index (Phi) is 6.59. The summed E-state index contributed by atoms with van der Waals surface area (Å²) in [5.74, 6) is 0.0555. The van der Waals surface area contributed by atoms with Gasteiger partial charge < -0.3 is 15.1 Å². The molecule has 0 atom stereocenters. The van der Waals surface area contributed by atoms with Crippen LogP contribution in [0.4, 0.5) is 4.79 Å². The highest BCUT2D eigenvalue weighted by Gasteiger charge is 2.36. The van der Waals surface area contributed by atoms with E-state index in [4.69, 9.17) is 0 Å². The predicted octanol–water partition coefficient (Wildman–Crippen LogP) is 4.36. The number of rotatable bonds is 4. The third-order valence-electron chi connectivity index (χ3n) is 6.86. The van der Waals surface area contributed by atoms with E-state index in [1.807, 2.05) is 47.1 Å². The highest BCUT2D eigenvalue weighted by atomic mass is 16.2. The summed E-state index contributed by atoms with van der Waals surface area (Å²) < 4.78 is 0. The van der Waals surface area contributed by atoms with Crippen LogP contribution in [0.15, 0.2) is 54.6 Å². The molecule has 31 heavy (non-hydrogen) atoms. The van der Waals surface area contributed by atoms with E-state index in [-0.39, 0.29) is 17.4 Å². The zero-order valence-corrected chi connectivity index (χ0v) is 18.5. The van der Waals surface area contributed by atoms with E-state index in [1.54, 1.807) is 0 Å². The Labute approximate surface area is 185 Å². The Hall–Kier alpha value is -2.82. The van der Waals surface area contributed by atoms with Crippen LogP contribution < -0.4 is 5.32 Å². The molecule has 1 saturated carbocycles. The molecular weight excluding hydrogens is 386 g/mol. The molecule has 2 fully saturated rings. The molecule has 4 rings (SSSR count). The van der Waals surface area contributed by atoms with Gasteiger partial charge in [-0.3, -0.25) is 4.79 Å². The van der Waals surface area contributed by atoms with Gasteiger partial charge in [-0.05, 0) is 43.9 Å². The molecule has 1 aliphatic heterocycles. The molecule has 5 heteroatoms. The smallest absolute Gasteiger partial charge is 0.317 e. The van der Waals surface area contributed by atoms with Crippen molar-refractivity contribution in [2.45, 2.75) is 44.4 Å². The van der Waals surface area contributed by atoms with E-state index < -0.39 is 0 Å². The molecule has 2 aromatic rings. The van der Waals surface area contributed by atoms with Gasteiger partial charge in [-0.25, -0.2) is 4.79 Å². The van der Waals surface area contributed by atoms with Crippen LogP contribution in [-0.2, 0) is 5.41 Å². The van der Waals surface area contributed by atoms with Crippen molar-refractivity contribution in [2.24, 2.45) is 0 Å². The Morgan fingerprint density at radius 1 is 0.871 bits per heavy atom. The number of urea groups is 1. The number of carbonyl (C=O) groups is 2. The second-order valence-corrected chi connectivity index (χ2v) is 9.01. The van der Waals surface area contributed by atoms with Gasteiger partial charge in [-0.1, -0.05) is 60.9 Å². The van der Waals surface area contributed by atoms with Crippen LogP contribution in [-0.4, -0.2) is 54.5 Å². The highest BCUT2D eigenvalue weighted by molar-refractivity contribution is 5.94.